The van der Waals surface area contributed by atoms with E-state index in [1.165, 1.54) is 15.5 Å². The van der Waals surface area contributed by atoms with E-state index in [9.17, 15) is 0 Å². The first-order valence-electron chi connectivity index (χ1n) is 10.6. The fourth-order valence-corrected chi connectivity index (χ4v) is 5.70. The highest BCUT2D eigenvalue weighted by Gasteiger charge is 2.26. The second kappa shape index (κ2) is 9.98. The summed E-state index contributed by atoms with van der Waals surface area (Å²) in [6, 6.07) is 14.6. The van der Waals surface area contributed by atoms with E-state index in [2.05, 4.69) is 65.7 Å². The minimum atomic E-state index is 0.562. The molecule has 1 fully saturated rings. The van der Waals surface area contributed by atoms with Gasteiger partial charge in [-0.05, 0) is 49.4 Å². The van der Waals surface area contributed by atoms with Gasteiger partial charge in [-0.25, -0.2) is 0 Å². The molecule has 4 heterocycles. The molecule has 2 aliphatic rings. The molecule has 1 saturated heterocycles. The summed E-state index contributed by atoms with van der Waals surface area (Å²) in [6.07, 6.45) is 10.4. The molecule has 1 atom stereocenters. The van der Waals surface area contributed by atoms with Gasteiger partial charge in [0.1, 0.15) is 13.2 Å². The number of ether oxygens (including phenoxy) is 2. The first kappa shape index (κ1) is 21.4. The Balaban J connectivity index is 1.41. The average Bonchev–Trinajstić information content (AvgIpc) is 3.43. The number of thiophene rings is 2. The molecule has 164 valence electrons. The van der Waals surface area contributed by atoms with Gasteiger partial charge in [-0.15, -0.1) is 22.7 Å². The van der Waals surface area contributed by atoms with E-state index in [1.54, 1.807) is 22.7 Å². The van der Waals surface area contributed by atoms with E-state index in [0.717, 1.165) is 33.5 Å². The summed E-state index contributed by atoms with van der Waals surface area (Å²) in [4.78, 5) is 4.52. The molecular formula is C25H24N2O2S3. The van der Waals surface area contributed by atoms with E-state index < -0.39 is 0 Å². The van der Waals surface area contributed by atoms with Gasteiger partial charge in [-0.1, -0.05) is 24.3 Å². The molecule has 2 aliphatic heterocycles. The number of para-hydroxylation sites is 1. The van der Waals surface area contributed by atoms with Gasteiger partial charge < -0.3 is 9.47 Å². The smallest absolute Gasteiger partial charge is 0.181 e. The lowest BCUT2D eigenvalue weighted by Crippen LogP contribution is -2.21. The largest absolute Gasteiger partial charge is 0.485 e. The van der Waals surface area contributed by atoms with Crippen molar-refractivity contribution >= 4 is 64.6 Å². The van der Waals surface area contributed by atoms with Crippen LogP contribution in [0.4, 0.5) is 5.69 Å². The molecule has 0 amide bonds. The summed E-state index contributed by atoms with van der Waals surface area (Å²) in [7, 11) is 0. The predicted octanol–water partition coefficient (Wildman–Crippen LogP) is 6.74. The zero-order valence-electron chi connectivity index (χ0n) is 17.8. The van der Waals surface area contributed by atoms with E-state index in [-0.39, 0.29) is 0 Å². The molecule has 0 spiro atoms. The number of anilines is 1. The van der Waals surface area contributed by atoms with Crippen LogP contribution in [0.2, 0.25) is 0 Å². The second-order valence-corrected chi connectivity index (χ2v) is 10.9. The maximum absolute atomic E-state index is 5.99. The number of nitrogens with zero attached hydrogens (tertiary/aromatic N) is 2. The Hall–Kier alpha value is -2.48. The molecule has 1 aromatic carbocycles. The maximum Gasteiger partial charge on any atom is 0.181 e. The normalized spacial score (nSPS) is 17.6. The van der Waals surface area contributed by atoms with Gasteiger partial charge in [-0.2, -0.15) is 16.9 Å². The zero-order chi connectivity index (χ0) is 21.8. The summed E-state index contributed by atoms with van der Waals surface area (Å²) in [6.45, 7) is 4.08. The standard InChI is InChI=1S/C25H24N2O2S3/c1-2-6-19-9-10-20(31-19)11-12-22-24-25(29-14-13-28-24)23(32-22)15-26-27(16-21-17-30-21)18-7-4-3-5-8-18/h2-12,15,21H,13-14,16-17H2,1H3. The van der Waals surface area contributed by atoms with Crippen LogP contribution in [0, 0.1) is 0 Å². The number of hydrogen-bond acceptors (Lipinski definition) is 7. The van der Waals surface area contributed by atoms with Crippen molar-refractivity contribution in [2.24, 2.45) is 5.10 Å². The number of thioether (sulfide) groups is 1. The van der Waals surface area contributed by atoms with Gasteiger partial charge in [0.25, 0.3) is 0 Å². The van der Waals surface area contributed by atoms with Gasteiger partial charge in [0, 0.05) is 20.8 Å². The maximum atomic E-state index is 5.99. The fourth-order valence-electron chi connectivity index (χ4n) is 3.37. The Kier molecular flexibility index (Phi) is 6.67. The van der Waals surface area contributed by atoms with Crippen LogP contribution < -0.4 is 14.5 Å². The van der Waals surface area contributed by atoms with Crippen LogP contribution in [0.3, 0.4) is 0 Å². The second-order valence-electron chi connectivity index (χ2n) is 7.38. The summed E-state index contributed by atoms with van der Waals surface area (Å²) < 4.78 is 12.0. The van der Waals surface area contributed by atoms with Crippen molar-refractivity contribution in [1.29, 1.82) is 0 Å². The van der Waals surface area contributed by atoms with Gasteiger partial charge >= 0.3 is 0 Å². The first-order valence-corrected chi connectivity index (χ1v) is 13.3. The van der Waals surface area contributed by atoms with Crippen LogP contribution in [-0.4, -0.2) is 37.0 Å². The van der Waals surface area contributed by atoms with Crippen LogP contribution in [-0.2, 0) is 0 Å². The van der Waals surface area contributed by atoms with E-state index in [0.29, 0.717) is 18.5 Å². The number of fused-ring (bicyclic) bond motifs is 1. The van der Waals surface area contributed by atoms with E-state index >= 15 is 0 Å². The molecule has 4 nitrogen and oxygen atoms in total. The Labute approximate surface area is 200 Å². The number of allylic oxidation sites excluding steroid dienone is 1. The third kappa shape index (κ3) is 5.11. The molecule has 0 saturated carbocycles. The third-order valence-electron chi connectivity index (χ3n) is 4.97. The van der Waals surface area contributed by atoms with Crippen molar-refractivity contribution in [3.8, 4) is 11.5 Å². The average molecular weight is 481 g/mol. The molecule has 3 aromatic rings. The summed E-state index contributed by atoms with van der Waals surface area (Å²) in [5.41, 5.74) is 1.11. The van der Waals surface area contributed by atoms with Crippen molar-refractivity contribution < 1.29 is 9.47 Å². The number of hydrogen-bond donors (Lipinski definition) is 0. The topological polar surface area (TPSA) is 34.1 Å². The highest BCUT2D eigenvalue weighted by molar-refractivity contribution is 8.06. The Morgan fingerprint density at radius 3 is 2.38 bits per heavy atom. The lowest BCUT2D eigenvalue weighted by molar-refractivity contribution is 0.173. The van der Waals surface area contributed by atoms with Crippen LogP contribution in [0.5, 0.6) is 11.5 Å². The monoisotopic (exact) mass is 480 g/mol. The van der Waals surface area contributed by atoms with Crippen molar-refractivity contribution in [1.82, 2.24) is 0 Å². The van der Waals surface area contributed by atoms with Crippen molar-refractivity contribution in [2.45, 2.75) is 12.2 Å². The Bertz CT molecular complexity index is 1140. The highest BCUT2D eigenvalue weighted by atomic mass is 32.2. The fraction of sp³-hybridized carbons (Fsp3) is 0.240. The third-order valence-corrected chi connectivity index (χ3v) is 8.00. The van der Waals surface area contributed by atoms with Crippen molar-refractivity contribution in [3.63, 3.8) is 0 Å². The van der Waals surface area contributed by atoms with Gasteiger partial charge in [0.05, 0.1) is 28.2 Å². The number of rotatable bonds is 8. The first-order chi connectivity index (χ1) is 15.8. The number of hydrazone groups is 1. The van der Waals surface area contributed by atoms with E-state index in [1.807, 2.05) is 31.0 Å². The zero-order valence-corrected chi connectivity index (χ0v) is 20.2. The van der Waals surface area contributed by atoms with Crippen LogP contribution in [0.1, 0.15) is 26.4 Å². The Morgan fingerprint density at radius 2 is 1.66 bits per heavy atom. The van der Waals surface area contributed by atoms with Crippen LogP contribution >= 0.6 is 34.4 Å². The van der Waals surface area contributed by atoms with E-state index in [4.69, 9.17) is 14.6 Å². The lowest BCUT2D eigenvalue weighted by Gasteiger charge is -2.19. The lowest BCUT2D eigenvalue weighted by atomic mass is 10.3. The Morgan fingerprint density at radius 1 is 0.938 bits per heavy atom. The molecule has 0 radical (unpaired) electrons. The quantitative estimate of drug-likeness (QED) is 0.203. The minimum Gasteiger partial charge on any atom is -0.485 e. The predicted molar refractivity (Wildman–Crippen MR) is 141 cm³/mol. The molecule has 7 heteroatoms. The molecule has 1 unspecified atom stereocenters. The summed E-state index contributed by atoms with van der Waals surface area (Å²) in [5, 5.41) is 7.59. The molecule has 2 aromatic heterocycles. The van der Waals surface area contributed by atoms with Gasteiger partial charge in [0.2, 0.25) is 0 Å². The van der Waals surface area contributed by atoms with Gasteiger partial charge in [0.15, 0.2) is 11.5 Å². The molecule has 0 N–H and O–H groups in total. The number of benzene rings is 1. The molecule has 0 aliphatic carbocycles. The molecule has 0 bridgehead atoms. The van der Waals surface area contributed by atoms with Crippen LogP contribution in [0.25, 0.3) is 18.2 Å². The highest BCUT2D eigenvalue weighted by Crippen LogP contribution is 2.44. The SMILES string of the molecule is CC=Cc1ccc(C=Cc2sc(C=NN(CC3CS3)c3ccccc3)c3c2OCCO3)s1. The molecule has 5 rings (SSSR count). The minimum absolute atomic E-state index is 0.562. The summed E-state index contributed by atoms with van der Waals surface area (Å²) >= 11 is 5.40. The molecule has 32 heavy (non-hydrogen) atoms. The van der Waals surface area contributed by atoms with Gasteiger partial charge in [-0.3, -0.25) is 5.01 Å². The van der Waals surface area contributed by atoms with Crippen molar-refractivity contribution in [3.05, 3.63) is 68.0 Å². The summed E-state index contributed by atoms with van der Waals surface area (Å²) in [5.74, 6) is 2.84. The molecular weight excluding hydrogens is 456 g/mol. The van der Waals surface area contributed by atoms with Crippen LogP contribution in [0.15, 0.2) is 53.6 Å². The van der Waals surface area contributed by atoms with Crippen molar-refractivity contribution in [2.75, 3.05) is 30.5 Å².